The molecule has 7 heteroatoms. The van der Waals surface area contributed by atoms with Crippen molar-refractivity contribution < 1.29 is 8.91 Å². The van der Waals surface area contributed by atoms with Crippen LogP contribution in [-0.2, 0) is 12.8 Å². The molecule has 0 spiro atoms. The Bertz CT molecular complexity index is 474. The largest absolute Gasteiger partial charge is 0.367 e. The minimum absolute atomic E-state index is 0.209. The summed E-state index contributed by atoms with van der Waals surface area (Å²) >= 11 is 0. The monoisotopic (exact) mass is 237 g/mol. The first kappa shape index (κ1) is 11.4. The van der Waals surface area contributed by atoms with Crippen LogP contribution in [-0.4, -0.2) is 26.7 Å². The van der Waals surface area contributed by atoms with Crippen molar-refractivity contribution in [2.45, 2.75) is 19.8 Å². The van der Waals surface area contributed by atoms with Crippen LogP contribution in [0, 0.1) is 5.82 Å². The Morgan fingerprint density at radius 1 is 1.35 bits per heavy atom. The molecule has 2 aromatic rings. The van der Waals surface area contributed by atoms with Crippen LogP contribution in [0.3, 0.4) is 0 Å². The maximum atomic E-state index is 13.7. The standard InChI is InChI=1S/C10H12FN5O/c1-2-7-9(11)10(14-5-13-7)12-4-3-8-15-6-17-16-8/h5-6H,2-4H2,1H3,(H,12,13,14). The maximum absolute atomic E-state index is 13.7. The van der Waals surface area contributed by atoms with Crippen LogP contribution in [0.15, 0.2) is 17.2 Å². The molecule has 2 rings (SSSR count). The fourth-order valence-electron chi connectivity index (χ4n) is 1.37. The quantitative estimate of drug-likeness (QED) is 0.842. The van der Waals surface area contributed by atoms with Gasteiger partial charge in [0.25, 0.3) is 0 Å². The van der Waals surface area contributed by atoms with E-state index in [9.17, 15) is 4.39 Å². The van der Waals surface area contributed by atoms with E-state index in [0.29, 0.717) is 30.9 Å². The van der Waals surface area contributed by atoms with Gasteiger partial charge in [0.15, 0.2) is 17.5 Å². The minimum atomic E-state index is -0.400. The lowest BCUT2D eigenvalue weighted by molar-refractivity contribution is 0.410. The van der Waals surface area contributed by atoms with Crippen molar-refractivity contribution in [2.24, 2.45) is 0 Å². The number of aryl methyl sites for hydroxylation is 1. The van der Waals surface area contributed by atoms with E-state index in [1.807, 2.05) is 6.92 Å². The van der Waals surface area contributed by atoms with Crippen LogP contribution in [0.2, 0.25) is 0 Å². The average molecular weight is 237 g/mol. The summed E-state index contributed by atoms with van der Waals surface area (Å²) in [6.07, 6.45) is 3.68. The number of nitrogens with one attached hydrogen (secondary N) is 1. The van der Waals surface area contributed by atoms with Crippen LogP contribution < -0.4 is 5.32 Å². The molecule has 0 saturated heterocycles. The molecular weight excluding hydrogens is 225 g/mol. The van der Waals surface area contributed by atoms with Crippen molar-refractivity contribution >= 4 is 5.82 Å². The van der Waals surface area contributed by atoms with Gasteiger partial charge >= 0.3 is 0 Å². The third-order valence-electron chi connectivity index (χ3n) is 2.24. The Labute approximate surface area is 97.3 Å². The highest BCUT2D eigenvalue weighted by atomic mass is 19.1. The van der Waals surface area contributed by atoms with Gasteiger partial charge in [-0.25, -0.2) is 14.4 Å². The summed E-state index contributed by atoms with van der Waals surface area (Å²) in [5.74, 6) is 0.381. The predicted molar refractivity (Wildman–Crippen MR) is 57.9 cm³/mol. The van der Waals surface area contributed by atoms with Gasteiger partial charge in [-0.3, -0.25) is 0 Å². The number of anilines is 1. The van der Waals surface area contributed by atoms with Gasteiger partial charge in [0.2, 0.25) is 6.39 Å². The molecule has 0 bridgehead atoms. The smallest absolute Gasteiger partial charge is 0.213 e. The zero-order valence-electron chi connectivity index (χ0n) is 9.35. The second kappa shape index (κ2) is 5.33. The molecule has 0 atom stereocenters. The SMILES string of the molecule is CCc1ncnc(NCCc2ncon2)c1F. The summed E-state index contributed by atoms with van der Waals surface area (Å²) in [5.41, 5.74) is 0.405. The Kier molecular flexibility index (Phi) is 3.59. The number of aromatic nitrogens is 4. The molecule has 0 aromatic carbocycles. The van der Waals surface area contributed by atoms with Gasteiger partial charge in [-0.1, -0.05) is 12.1 Å². The summed E-state index contributed by atoms with van der Waals surface area (Å²) in [7, 11) is 0. The molecule has 17 heavy (non-hydrogen) atoms. The van der Waals surface area contributed by atoms with E-state index >= 15 is 0 Å². The molecule has 1 N–H and O–H groups in total. The van der Waals surface area contributed by atoms with Gasteiger partial charge in [-0.05, 0) is 6.42 Å². The number of nitrogens with zero attached hydrogens (tertiary/aromatic N) is 4. The molecule has 0 fully saturated rings. The van der Waals surface area contributed by atoms with E-state index in [2.05, 4.69) is 29.9 Å². The number of hydrogen-bond donors (Lipinski definition) is 1. The second-order valence-corrected chi connectivity index (χ2v) is 3.36. The highest BCUT2D eigenvalue weighted by Gasteiger charge is 2.09. The molecular formula is C10H12FN5O. The van der Waals surface area contributed by atoms with Crippen LogP contribution in [0.1, 0.15) is 18.4 Å². The van der Waals surface area contributed by atoms with Crippen molar-refractivity contribution in [1.82, 2.24) is 20.1 Å². The van der Waals surface area contributed by atoms with E-state index in [4.69, 9.17) is 0 Å². The summed E-state index contributed by atoms with van der Waals surface area (Å²) in [6, 6.07) is 0. The molecule has 2 aromatic heterocycles. The molecule has 0 unspecified atom stereocenters. The van der Waals surface area contributed by atoms with Crippen molar-refractivity contribution in [3.8, 4) is 0 Å². The third-order valence-corrected chi connectivity index (χ3v) is 2.24. The summed E-state index contributed by atoms with van der Waals surface area (Å²) in [5, 5.41) is 6.53. The number of hydrogen-bond acceptors (Lipinski definition) is 6. The van der Waals surface area contributed by atoms with Gasteiger partial charge in [-0.15, -0.1) is 0 Å². The highest BCUT2D eigenvalue weighted by molar-refractivity contribution is 5.37. The molecule has 90 valence electrons. The molecule has 0 aliphatic carbocycles. The predicted octanol–water partition coefficient (Wildman–Crippen LogP) is 1.22. The molecule has 0 aliphatic rings. The van der Waals surface area contributed by atoms with Crippen molar-refractivity contribution in [3.63, 3.8) is 0 Å². The van der Waals surface area contributed by atoms with Crippen molar-refractivity contribution in [2.75, 3.05) is 11.9 Å². The lowest BCUT2D eigenvalue weighted by atomic mass is 10.3. The lowest BCUT2D eigenvalue weighted by Gasteiger charge is -2.06. The molecule has 0 amide bonds. The molecule has 0 saturated carbocycles. The Morgan fingerprint density at radius 3 is 2.94 bits per heavy atom. The molecule has 6 nitrogen and oxygen atoms in total. The minimum Gasteiger partial charge on any atom is -0.367 e. The molecule has 0 radical (unpaired) electrons. The van der Waals surface area contributed by atoms with Gasteiger partial charge in [0.05, 0.1) is 5.69 Å². The summed E-state index contributed by atoms with van der Waals surface area (Å²) in [4.78, 5) is 11.6. The van der Waals surface area contributed by atoms with Gasteiger partial charge in [0, 0.05) is 13.0 Å². The van der Waals surface area contributed by atoms with E-state index in [1.165, 1.54) is 12.7 Å². The zero-order chi connectivity index (χ0) is 12.1. The summed E-state index contributed by atoms with van der Waals surface area (Å²) in [6.45, 7) is 2.32. The number of halogens is 1. The maximum Gasteiger partial charge on any atom is 0.213 e. The fourth-order valence-corrected chi connectivity index (χ4v) is 1.37. The first-order valence-corrected chi connectivity index (χ1v) is 5.29. The van der Waals surface area contributed by atoms with Gasteiger partial charge in [-0.2, -0.15) is 4.98 Å². The van der Waals surface area contributed by atoms with E-state index < -0.39 is 5.82 Å². The molecule has 0 aliphatic heterocycles. The fraction of sp³-hybridized carbons (Fsp3) is 0.400. The van der Waals surface area contributed by atoms with Gasteiger partial charge < -0.3 is 9.84 Å². The average Bonchev–Trinajstić information content (AvgIpc) is 2.84. The van der Waals surface area contributed by atoms with Gasteiger partial charge in [0.1, 0.15) is 6.33 Å². The Morgan fingerprint density at radius 2 is 2.24 bits per heavy atom. The van der Waals surface area contributed by atoms with Crippen LogP contribution in [0.25, 0.3) is 0 Å². The zero-order valence-corrected chi connectivity index (χ0v) is 9.35. The van der Waals surface area contributed by atoms with Crippen LogP contribution in [0.5, 0.6) is 0 Å². The highest BCUT2D eigenvalue weighted by Crippen LogP contribution is 2.12. The van der Waals surface area contributed by atoms with E-state index in [-0.39, 0.29) is 5.82 Å². The first-order valence-electron chi connectivity index (χ1n) is 5.29. The number of rotatable bonds is 5. The van der Waals surface area contributed by atoms with E-state index in [1.54, 1.807) is 0 Å². The van der Waals surface area contributed by atoms with Crippen LogP contribution >= 0.6 is 0 Å². The Balaban J connectivity index is 1.95. The summed E-state index contributed by atoms with van der Waals surface area (Å²) < 4.78 is 18.3. The normalized spacial score (nSPS) is 10.5. The Hall–Kier alpha value is -2.05. The van der Waals surface area contributed by atoms with E-state index in [0.717, 1.165) is 0 Å². The van der Waals surface area contributed by atoms with Crippen molar-refractivity contribution in [3.05, 3.63) is 30.1 Å². The van der Waals surface area contributed by atoms with Crippen molar-refractivity contribution in [1.29, 1.82) is 0 Å². The third kappa shape index (κ3) is 2.74. The topological polar surface area (TPSA) is 76.7 Å². The first-order chi connectivity index (χ1) is 8.31. The lowest BCUT2D eigenvalue weighted by Crippen LogP contribution is -2.10. The van der Waals surface area contributed by atoms with Crippen LogP contribution in [0.4, 0.5) is 10.2 Å². The molecule has 2 heterocycles. The second-order valence-electron chi connectivity index (χ2n) is 3.36.